The zero-order chi connectivity index (χ0) is 11.8. The molecule has 1 atom stereocenters. The molecule has 0 aromatic rings. The molecule has 4 nitrogen and oxygen atoms in total. The molecule has 0 heterocycles. The Kier molecular flexibility index (Phi) is 6.99. The van der Waals surface area contributed by atoms with Crippen LogP contribution in [-0.4, -0.2) is 49.2 Å². The summed E-state index contributed by atoms with van der Waals surface area (Å²) in [4.78, 5) is 12.4. The van der Waals surface area contributed by atoms with Crippen LogP contribution in [0.3, 0.4) is 0 Å². The summed E-state index contributed by atoms with van der Waals surface area (Å²) in [5.41, 5.74) is 0. The van der Waals surface area contributed by atoms with E-state index in [1.54, 1.807) is 6.08 Å². The second-order valence-corrected chi connectivity index (χ2v) is 4.26. The average Bonchev–Trinajstić information content (AvgIpc) is 2.08. The van der Waals surface area contributed by atoms with Crippen molar-refractivity contribution in [1.29, 1.82) is 0 Å². The summed E-state index contributed by atoms with van der Waals surface area (Å²) >= 11 is 0. The van der Waals surface area contributed by atoms with Crippen molar-refractivity contribution in [2.45, 2.75) is 19.9 Å². The van der Waals surface area contributed by atoms with Gasteiger partial charge in [0.2, 0.25) is 0 Å². The first kappa shape index (κ1) is 14.1. The molecular weight excluding hydrogens is 192 g/mol. The third kappa shape index (κ3) is 8.15. The SMILES string of the molecule is CC(C)C(CN(C)C)NC/C=C/C(=O)O. The molecule has 0 saturated heterocycles. The second-order valence-electron chi connectivity index (χ2n) is 4.26. The molecule has 0 fully saturated rings. The van der Waals surface area contributed by atoms with Gasteiger partial charge in [-0.2, -0.15) is 0 Å². The maximum Gasteiger partial charge on any atom is 0.328 e. The highest BCUT2D eigenvalue weighted by molar-refractivity contribution is 5.79. The Bertz CT molecular complexity index is 213. The average molecular weight is 214 g/mol. The Morgan fingerprint density at radius 3 is 2.47 bits per heavy atom. The van der Waals surface area contributed by atoms with Crippen molar-refractivity contribution in [3.8, 4) is 0 Å². The van der Waals surface area contributed by atoms with Gasteiger partial charge in [-0.3, -0.25) is 0 Å². The maximum atomic E-state index is 10.2. The summed E-state index contributed by atoms with van der Waals surface area (Å²) in [7, 11) is 4.06. The van der Waals surface area contributed by atoms with Crippen LogP contribution in [0.1, 0.15) is 13.8 Å². The third-order valence-corrected chi connectivity index (χ3v) is 2.12. The van der Waals surface area contributed by atoms with Gasteiger partial charge in [0.15, 0.2) is 0 Å². The van der Waals surface area contributed by atoms with E-state index in [0.29, 0.717) is 18.5 Å². The highest BCUT2D eigenvalue weighted by Gasteiger charge is 2.12. The van der Waals surface area contributed by atoms with E-state index >= 15 is 0 Å². The molecule has 0 spiro atoms. The number of rotatable bonds is 7. The monoisotopic (exact) mass is 214 g/mol. The molecule has 0 radical (unpaired) electrons. The molecule has 2 N–H and O–H groups in total. The van der Waals surface area contributed by atoms with Gasteiger partial charge in [0.1, 0.15) is 0 Å². The molecule has 15 heavy (non-hydrogen) atoms. The van der Waals surface area contributed by atoms with Gasteiger partial charge >= 0.3 is 5.97 Å². The van der Waals surface area contributed by atoms with Crippen molar-refractivity contribution < 1.29 is 9.90 Å². The van der Waals surface area contributed by atoms with Gasteiger partial charge < -0.3 is 15.3 Å². The predicted molar refractivity (Wildman–Crippen MR) is 62.0 cm³/mol. The van der Waals surface area contributed by atoms with Gasteiger partial charge in [-0.15, -0.1) is 0 Å². The highest BCUT2D eigenvalue weighted by atomic mass is 16.4. The smallest absolute Gasteiger partial charge is 0.328 e. The van der Waals surface area contributed by atoms with E-state index < -0.39 is 5.97 Å². The summed E-state index contributed by atoms with van der Waals surface area (Å²) in [6.45, 7) is 5.87. The number of nitrogens with one attached hydrogen (secondary N) is 1. The molecule has 0 aromatic heterocycles. The van der Waals surface area contributed by atoms with Crippen LogP contribution in [-0.2, 0) is 4.79 Å². The van der Waals surface area contributed by atoms with Crippen LogP contribution >= 0.6 is 0 Å². The summed E-state index contributed by atoms with van der Waals surface area (Å²) in [6, 6.07) is 0.387. The minimum atomic E-state index is -0.898. The van der Waals surface area contributed by atoms with Crippen LogP contribution in [0.25, 0.3) is 0 Å². The summed E-state index contributed by atoms with van der Waals surface area (Å²) < 4.78 is 0. The van der Waals surface area contributed by atoms with Crippen molar-refractivity contribution in [2.75, 3.05) is 27.2 Å². The Morgan fingerprint density at radius 2 is 2.07 bits per heavy atom. The number of hydrogen-bond acceptors (Lipinski definition) is 3. The van der Waals surface area contributed by atoms with Crippen molar-refractivity contribution >= 4 is 5.97 Å². The lowest BCUT2D eigenvalue weighted by atomic mass is 10.0. The van der Waals surface area contributed by atoms with Gasteiger partial charge in [-0.05, 0) is 20.0 Å². The van der Waals surface area contributed by atoms with Crippen LogP contribution in [0, 0.1) is 5.92 Å². The zero-order valence-corrected chi connectivity index (χ0v) is 10.0. The first-order valence-electron chi connectivity index (χ1n) is 5.21. The highest BCUT2D eigenvalue weighted by Crippen LogP contribution is 2.02. The molecule has 0 aliphatic heterocycles. The fourth-order valence-electron chi connectivity index (χ4n) is 1.28. The van der Waals surface area contributed by atoms with Crippen LogP contribution in [0.2, 0.25) is 0 Å². The number of carboxylic acid groups (broad SMARTS) is 1. The largest absolute Gasteiger partial charge is 0.478 e. The number of carboxylic acids is 1. The summed E-state index contributed by atoms with van der Waals surface area (Å²) in [6.07, 6.45) is 2.80. The van der Waals surface area contributed by atoms with Gasteiger partial charge in [0.05, 0.1) is 0 Å². The van der Waals surface area contributed by atoms with E-state index in [4.69, 9.17) is 5.11 Å². The fourth-order valence-corrected chi connectivity index (χ4v) is 1.28. The molecule has 0 aliphatic rings. The molecule has 0 amide bonds. The lowest BCUT2D eigenvalue weighted by Crippen LogP contribution is -2.42. The fraction of sp³-hybridized carbons (Fsp3) is 0.727. The lowest BCUT2D eigenvalue weighted by Gasteiger charge is -2.25. The molecule has 4 heteroatoms. The second kappa shape index (κ2) is 7.43. The molecule has 0 aliphatic carbocycles. The van der Waals surface area contributed by atoms with Crippen molar-refractivity contribution in [3.63, 3.8) is 0 Å². The van der Waals surface area contributed by atoms with E-state index in [0.717, 1.165) is 6.54 Å². The quantitative estimate of drug-likeness (QED) is 0.616. The number of carbonyl (C=O) groups is 1. The molecule has 88 valence electrons. The van der Waals surface area contributed by atoms with E-state index in [1.807, 2.05) is 14.1 Å². The van der Waals surface area contributed by atoms with E-state index in [2.05, 4.69) is 24.1 Å². The topological polar surface area (TPSA) is 52.6 Å². The summed E-state index contributed by atoms with van der Waals surface area (Å²) in [5, 5.41) is 11.7. The molecule has 0 rings (SSSR count). The van der Waals surface area contributed by atoms with Gasteiger partial charge in [-0.1, -0.05) is 19.9 Å². The van der Waals surface area contributed by atoms with Gasteiger partial charge in [-0.25, -0.2) is 4.79 Å². The van der Waals surface area contributed by atoms with Crippen molar-refractivity contribution in [3.05, 3.63) is 12.2 Å². The third-order valence-electron chi connectivity index (χ3n) is 2.12. The molecule has 0 bridgehead atoms. The number of aliphatic carboxylic acids is 1. The number of hydrogen-bond donors (Lipinski definition) is 2. The Labute approximate surface area is 92.0 Å². The normalized spacial score (nSPS) is 14.0. The van der Waals surface area contributed by atoms with Gasteiger partial charge in [0, 0.05) is 25.2 Å². The number of likely N-dealkylation sites (N-methyl/N-ethyl adjacent to an activating group) is 1. The Hall–Kier alpha value is -0.870. The van der Waals surface area contributed by atoms with Crippen LogP contribution < -0.4 is 5.32 Å². The Balaban J connectivity index is 3.91. The van der Waals surface area contributed by atoms with E-state index in [1.165, 1.54) is 6.08 Å². The molecule has 1 unspecified atom stereocenters. The minimum Gasteiger partial charge on any atom is -0.478 e. The minimum absolute atomic E-state index is 0.387. The van der Waals surface area contributed by atoms with E-state index in [-0.39, 0.29) is 0 Å². The zero-order valence-electron chi connectivity index (χ0n) is 10.0. The standard InChI is InChI=1S/C11H22N2O2/c1-9(2)10(8-13(3)4)12-7-5-6-11(14)15/h5-6,9-10,12H,7-8H2,1-4H3,(H,14,15)/b6-5+. The number of nitrogens with zero attached hydrogens (tertiary/aromatic N) is 1. The van der Waals surface area contributed by atoms with E-state index in [9.17, 15) is 4.79 Å². The first-order chi connectivity index (χ1) is 6.93. The molecular formula is C11H22N2O2. The van der Waals surface area contributed by atoms with Crippen LogP contribution in [0.5, 0.6) is 0 Å². The maximum absolute atomic E-state index is 10.2. The first-order valence-corrected chi connectivity index (χ1v) is 5.21. The van der Waals surface area contributed by atoms with Crippen molar-refractivity contribution in [1.82, 2.24) is 10.2 Å². The van der Waals surface area contributed by atoms with Gasteiger partial charge in [0.25, 0.3) is 0 Å². The Morgan fingerprint density at radius 1 is 1.47 bits per heavy atom. The lowest BCUT2D eigenvalue weighted by molar-refractivity contribution is -0.131. The summed E-state index contributed by atoms with van der Waals surface area (Å²) in [5.74, 6) is -0.365. The van der Waals surface area contributed by atoms with Crippen LogP contribution in [0.15, 0.2) is 12.2 Å². The predicted octanol–water partition coefficient (Wildman–Crippen LogP) is 0.803. The van der Waals surface area contributed by atoms with Crippen LogP contribution in [0.4, 0.5) is 0 Å². The van der Waals surface area contributed by atoms with Crippen molar-refractivity contribution in [2.24, 2.45) is 5.92 Å². The molecule has 0 saturated carbocycles. The molecule has 0 aromatic carbocycles.